The summed E-state index contributed by atoms with van der Waals surface area (Å²) in [6, 6.07) is 11.7. The van der Waals surface area contributed by atoms with E-state index in [1.165, 1.54) is 0 Å². The van der Waals surface area contributed by atoms with Gasteiger partial charge in [0.15, 0.2) is 0 Å². The van der Waals surface area contributed by atoms with Gasteiger partial charge in [-0.25, -0.2) is 4.68 Å². The third kappa shape index (κ3) is 3.12. The highest BCUT2D eigenvalue weighted by Gasteiger charge is 2.29. The monoisotopic (exact) mass is 329 g/mol. The number of tetrazole rings is 1. The summed E-state index contributed by atoms with van der Waals surface area (Å²) in [5, 5.41) is 11.8. The summed E-state index contributed by atoms with van der Waals surface area (Å²) in [5.41, 5.74) is 3.12. The van der Waals surface area contributed by atoms with Crippen LogP contribution in [0.4, 0.5) is 0 Å². The van der Waals surface area contributed by atoms with Crippen molar-refractivity contribution >= 4 is 0 Å². The van der Waals surface area contributed by atoms with Crippen LogP contribution in [-0.4, -0.2) is 35.2 Å². The molecule has 0 saturated heterocycles. The van der Waals surface area contributed by atoms with Crippen LogP contribution < -0.4 is 0 Å². The Hall–Kier alpha value is -3.48. The van der Waals surface area contributed by atoms with Gasteiger partial charge in [0.2, 0.25) is 0 Å². The lowest BCUT2D eigenvalue weighted by atomic mass is 9.83. The minimum atomic E-state index is -0.169. The average Bonchev–Trinajstić information content (AvgIpc) is 3.22. The molecule has 0 fully saturated rings. The van der Waals surface area contributed by atoms with Gasteiger partial charge in [0, 0.05) is 43.1 Å². The van der Waals surface area contributed by atoms with Crippen LogP contribution in [0.2, 0.25) is 0 Å². The normalized spacial score (nSPS) is 12.2. The summed E-state index contributed by atoms with van der Waals surface area (Å²) in [7, 11) is 0. The van der Waals surface area contributed by atoms with Crippen molar-refractivity contribution in [1.82, 2.24) is 35.2 Å². The van der Waals surface area contributed by atoms with Gasteiger partial charge in [0.05, 0.1) is 6.04 Å². The van der Waals surface area contributed by atoms with E-state index in [9.17, 15) is 0 Å². The van der Waals surface area contributed by atoms with E-state index in [1.807, 2.05) is 42.9 Å². The summed E-state index contributed by atoms with van der Waals surface area (Å²) in [4.78, 5) is 12.9. The van der Waals surface area contributed by atoms with Crippen molar-refractivity contribution < 1.29 is 0 Å². The molecule has 0 aliphatic carbocycles. The highest BCUT2D eigenvalue weighted by atomic mass is 15.5. The Morgan fingerprint density at radius 1 is 0.720 bits per heavy atom. The molecule has 122 valence electrons. The van der Waals surface area contributed by atoms with Crippen LogP contribution in [-0.2, 0) is 0 Å². The van der Waals surface area contributed by atoms with Crippen LogP contribution in [0.5, 0.6) is 0 Å². The summed E-state index contributed by atoms with van der Waals surface area (Å²) in [5.74, 6) is -0.0601. The average molecular weight is 329 g/mol. The number of hydrogen-bond donors (Lipinski definition) is 0. The first-order valence-electron chi connectivity index (χ1n) is 7.86. The lowest BCUT2D eigenvalue weighted by molar-refractivity contribution is 0.459. The van der Waals surface area contributed by atoms with Gasteiger partial charge in [-0.2, -0.15) is 0 Å². The number of hydrogen-bond acceptors (Lipinski definition) is 6. The van der Waals surface area contributed by atoms with Crippen molar-refractivity contribution in [2.75, 3.05) is 0 Å². The van der Waals surface area contributed by atoms with E-state index < -0.39 is 0 Å². The predicted octanol–water partition coefficient (Wildman–Crippen LogP) is 2.28. The molecule has 0 amide bonds. The second kappa shape index (κ2) is 6.96. The molecule has 0 aliphatic heterocycles. The molecule has 0 aliphatic rings. The maximum atomic E-state index is 4.29. The minimum Gasteiger partial charge on any atom is -0.264 e. The molecule has 25 heavy (non-hydrogen) atoms. The molecule has 1 unspecified atom stereocenters. The Kier molecular flexibility index (Phi) is 4.20. The Labute approximate surface area is 144 Å². The zero-order valence-corrected chi connectivity index (χ0v) is 13.3. The van der Waals surface area contributed by atoms with Crippen molar-refractivity contribution in [2.24, 2.45) is 0 Å². The zero-order valence-electron chi connectivity index (χ0n) is 13.3. The third-order valence-corrected chi connectivity index (χ3v) is 4.08. The summed E-state index contributed by atoms with van der Waals surface area (Å²) in [6.45, 7) is 0. The molecule has 4 heterocycles. The van der Waals surface area contributed by atoms with E-state index in [4.69, 9.17) is 0 Å². The molecule has 0 saturated carbocycles. The minimum absolute atomic E-state index is 0.0601. The van der Waals surface area contributed by atoms with Gasteiger partial charge in [0.1, 0.15) is 6.33 Å². The molecule has 1 atom stereocenters. The number of nitrogens with zero attached hydrogens (tertiary/aromatic N) is 7. The topological polar surface area (TPSA) is 82.3 Å². The fourth-order valence-electron chi connectivity index (χ4n) is 3.02. The Morgan fingerprint density at radius 2 is 1.28 bits per heavy atom. The van der Waals surface area contributed by atoms with Crippen LogP contribution in [0, 0.1) is 0 Å². The molecule has 0 spiro atoms. The summed E-state index contributed by atoms with van der Waals surface area (Å²) < 4.78 is 1.75. The van der Waals surface area contributed by atoms with Crippen LogP contribution in [0.3, 0.4) is 0 Å². The highest BCUT2D eigenvalue weighted by molar-refractivity contribution is 5.35. The molecule has 7 heteroatoms. The second-order valence-corrected chi connectivity index (χ2v) is 5.57. The molecule has 7 nitrogen and oxygen atoms in total. The third-order valence-electron chi connectivity index (χ3n) is 4.08. The smallest absolute Gasteiger partial charge is 0.138 e. The SMILES string of the molecule is c1cncc(C(c2cccnc2)C(c2cccnc2)n2cnnn2)c1. The van der Waals surface area contributed by atoms with E-state index in [1.54, 1.807) is 29.6 Å². The summed E-state index contributed by atoms with van der Waals surface area (Å²) >= 11 is 0. The van der Waals surface area contributed by atoms with Gasteiger partial charge in [-0.05, 0) is 45.3 Å². The van der Waals surface area contributed by atoms with Crippen LogP contribution >= 0.6 is 0 Å². The lowest BCUT2D eigenvalue weighted by Crippen LogP contribution is -2.21. The standard InChI is InChI=1S/C18H15N7/c1-4-14(10-19-7-1)17(15-5-2-8-20-11-15)18(25-13-22-23-24-25)16-6-3-9-21-12-16/h1-13,17-18H. The first kappa shape index (κ1) is 15.1. The number of pyridine rings is 3. The van der Waals surface area contributed by atoms with Crippen molar-refractivity contribution in [2.45, 2.75) is 12.0 Å². The Balaban J connectivity index is 1.91. The molecule has 4 aromatic rings. The molecule has 0 N–H and O–H groups in total. The highest BCUT2D eigenvalue weighted by Crippen LogP contribution is 2.38. The molecule has 0 aromatic carbocycles. The predicted molar refractivity (Wildman–Crippen MR) is 90.5 cm³/mol. The van der Waals surface area contributed by atoms with Gasteiger partial charge in [0.25, 0.3) is 0 Å². The maximum Gasteiger partial charge on any atom is 0.138 e. The fourth-order valence-corrected chi connectivity index (χ4v) is 3.02. The summed E-state index contributed by atoms with van der Waals surface area (Å²) in [6.07, 6.45) is 12.5. The van der Waals surface area contributed by atoms with Gasteiger partial charge in [-0.1, -0.05) is 18.2 Å². The van der Waals surface area contributed by atoms with Gasteiger partial charge in [-0.3, -0.25) is 15.0 Å². The van der Waals surface area contributed by atoms with Crippen molar-refractivity contribution in [1.29, 1.82) is 0 Å². The van der Waals surface area contributed by atoms with E-state index in [2.05, 4.69) is 42.6 Å². The van der Waals surface area contributed by atoms with E-state index >= 15 is 0 Å². The molecule has 4 rings (SSSR count). The molecule has 0 bridgehead atoms. The molecule has 4 aromatic heterocycles. The zero-order chi connectivity index (χ0) is 16.9. The van der Waals surface area contributed by atoms with Gasteiger partial charge >= 0.3 is 0 Å². The largest absolute Gasteiger partial charge is 0.264 e. The number of rotatable bonds is 5. The van der Waals surface area contributed by atoms with Crippen LogP contribution in [0.25, 0.3) is 0 Å². The second-order valence-electron chi connectivity index (χ2n) is 5.57. The van der Waals surface area contributed by atoms with Gasteiger partial charge in [-0.15, -0.1) is 5.10 Å². The molecular formula is C18H15N7. The van der Waals surface area contributed by atoms with Gasteiger partial charge < -0.3 is 0 Å². The maximum absolute atomic E-state index is 4.29. The van der Waals surface area contributed by atoms with E-state index in [-0.39, 0.29) is 12.0 Å². The Morgan fingerprint density at radius 3 is 1.72 bits per heavy atom. The van der Waals surface area contributed by atoms with Crippen molar-refractivity contribution in [3.8, 4) is 0 Å². The van der Waals surface area contributed by atoms with E-state index in [0.29, 0.717) is 0 Å². The quantitative estimate of drug-likeness (QED) is 0.559. The van der Waals surface area contributed by atoms with Crippen LogP contribution in [0.1, 0.15) is 28.7 Å². The molecular weight excluding hydrogens is 314 g/mol. The van der Waals surface area contributed by atoms with E-state index in [0.717, 1.165) is 16.7 Å². The first-order valence-corrected chi connectivity index (χ1v) is 7.86. The number of aromatic nitrogens is 7. The first-order chi connectivity index (χ1) is 12.4. The van der Waals surface area contributed by atoms with Crippen LogP contribution in [0.15, 0.2) is 79.9 Å². The molecule has 0 radical (unpaired) electrons. The fraction of sp³-hybridized carbons (Fsp3) is 0.111. The van der Waals surface area contributed by atoms with Crippen molar-refractivity contribution in [3.05, 3.63) is 96.6 Å². The lowest BCUT2D eigenvalue weighted by Gasteiger charge is -2.27. The Bertz CT molecular complexity index is 857. The van der Waals surface area contributed by atoms with Crippen molar-refractivity contribution in [3.63, 3.8) is 0 Å².